The molecule has 0 saturated heterocycles. The molecule has 0 amide bonds. The molecule has 0 fully saturated rings. The number of hydrogen-bond donors (Lipinski definition) is 1. The Morgan fingerprint density at radius 2 is 2.18 bits per heavy atom. The molecule has 2 aromatic rings. The van der Waals surface area contributed by atoms with E-state index in [2.05, 4.69) is 4.98 Å². The van der Waals surface area contributed by atoms with Gasteiger partial charge in [-0.3, -0.25) is 0 Å². The number of carboxylic acids is 1. The first-order chi connectivity index (χ1) is 8.11. The molecule has 0 bridgehead atoms. The Morgan fingerprint density at radius 1 is 1.41 bits per heavy atom. The maximum Gasteiger partial charge on any atom is 0.338 e. The number of hydrogen-bond acceptors (Lipinski definition) is 3. The molecule has 4 heteroatoms. The Balaban J connectivity index is 2.67. The second-order valence-electron chi connectivity index (χ2n) is 3.78. The molecule has 88 valence electrons. The minimum atomic E-state index is -0.920. The van der Waals surface area contributed by atoms with Gasteiger partial charge < -0.3 is 5.11 Å². The van der Waals surface area contributed by atoms with Crippen LogP contribution in [0.2, 0.25) is 0 Å². The smallest absolute Gasteiger partial charge is 0.338 e. The number of rotatable bonds is 3. The van der Waals surface area contributed by atoms with Crippen molar-refractivity contribution in [3.63, 3.8) is 0 Å². The van der Waals surface area contributed by atoms with E-state index in [0.29, 0.717) is 5.03 Å². The highest BCUT2D eigenvalue weighted by atomic mass is 32.2. The summed E-state index contributed by atoms with van der Waals surface area (Å²) in [6.45, 7) is 3.96. The molecule has 0 aliphatic carbocycles. The van der Waals surface area contributed by atoms with Gasteiger partial charge in [0, 0.05) is 5.39 Å². The van der Waals surface area contributed by atoms with Gasteiger partial charge in [0.25, 0.3) is 0 Å². The fourth-order valence-corrected chi connectivity index (χ4v) is 2.42. The molecule has 0 unspecified atom stereocenters. The van der Waals surface area contributed by atoms with Gasteiger partial charge in [-0.2, -0.15) is 0 Å². The Hall–Kier alpha value is -1.55. The third kappa shape index (κ3) is 2.42. The second-order valence-corrected chi connectivity index (χ2v) is 5.03. The van der Waals surface area contributed by atoms with Crippen molar-refractivity contribution < 1.29 is 9.90 Å². The zero-order valence-corrected chi connectivity index (χ0v) is 10.5. The van der Waals surface area contributed by atoms with Crippen LogP contribution in [0.1, 0.15) is 22.8 Å². The van der Waals surface area contributed by atoms with Crippen molar-refractivity contribution >= 4 is 28.6 Å². The van der Waals surface area contributed by atoms with Gasteiger partial charge in [0.05, 0.1) is 11.1 Å². The molecule has 0 radical (unpaired) electrons. The Kier molecular flexibility index (Phi) is 3.33. The van der Waals surface area contributed by atoms with Crippen LogP contribution < -0.4 is 0 Å². The van der Waals surface area contributed by atoms with Crippen LogP contribution in [0.4, 0.5) is 0 Å². The van der Waals surface area contributed by atoms with Gasteiger partial charge in [-0.1, -0.05) is 18.6 Å². The maximum atomic E-state index is 11.2. The standard InChI is InChI=1S/C13H13NO2S/c1-3-17-12-10(13(15)16)7-9-6-8(2)4-5-11(9)14-12/h4-7H,3H2,1-2H3,(H,15,16). The lowest BCUT2D eigenvalue weighted by Crippen LogP contribution is -2.01. The number of thioether (sulfide) groups is 1. The van der Waals surface area contributed by atoms with Crippen LogP contribution >= 0.6 is 11.8 Å². The molecule has 1 aromatic heterocycles. The van der Waals surface area contributed by atoms with Crippen molar-refractivity contribution in [3.05, 3.63) is 35.4 Å². The predicted octanol–water partition coefficient (Wildman–Crippen LogP) is 3.35. The molecule has 1 aromatic carbocycles. The summed E-state index contributed by atoms with van der Waals surface area (Å²) in [4.78, 5) is 15.6. The van der Waals surface area contributed by atoms with Crippen LogP contribution in [0.3, 0.4) is 0 Å². The monoisotopic (exact) mass is 247 g/mol. The van der Waals surface area contributed by atoms with Crippen molar-refractivity contribution in [1.82, 2.24) is 4.98 Å². The van der Waals surface area contributed by atoms with E-state index in [1.54, 1.807) is 6.07 Å². The topological polar surface area (TPSA) is 50.2 Å². The number of fused-ring (bicyclic) bond motifs is 1. The summed E-state index contributed by atoms with van der Waals surface area (Å²) in [5.41, 5.74) is 2.23. The van der Waals surface area contributed by atoms with Gasteiger partial charge >= 0.3 is 5.97 Å². The van der Waals surface area contributed by atoms with Gasteiger partial charge in [-0.15, -0.1) is 11.8 Å². The first kappa shape index (κ1) is 11.9. The quantitative estimate of drug-likeness (QED) is 0.845. The average Bonchev–Trinajstić information content (AvgIpc) is 2.28. The summed E-state index contributed by atoms with van der Waals surface area (Å²) in [6.07, 6.45) is 0. The SMILES string of the molecule is CCSc1nc2ccc(C)cc2cc1C(=O)O. The normalized spacial score (nSPS) is 10.7. The summed E-state index contributed by atoms with van der Waals surface area (Å²) in [5, 5.41) is 10.6. The van der Waals surface area contributed by atoms with Crippen molar-refractivity contribution in [2.24, 2.45) is 0 Å². The van der Waals surface area contributed by atoms with Gasteiger partial charge in [-0.25, -0.2) is 9.78 Å². The third-order valence-electron chi connectivity index (χ3n) is 2.45. The molecule has 17 heavy (non-hydrogen) atoms. The molecule has 3 nitrogen and oxygen atoms in total. The number of aromatic nitrogens is 1. The fraction of sp³-hybridized carbons (Fsp3) is 0.231. The van der Waals surface area contributed by atoms with E-state index in [1.165, 1.54) is 11.8 Å². The molecule has 0 spiro atoms. The van der Waals surface area contributed by atoms with E-state index in [4.69, 9.17) is 5.11 Å². The number of carbonyl (C=O) groups is 1. The number of nitrogens with zero attached hydrogens (tertiary/aromatic N) is 1. The Morgan fingerprint density at radius 3 is 2.82 bits per heavy atom. The highest BCUT2D eigenvalue weighted by Crippen LogP contribution is 2.25. The molecular formula is C13H13NO2S. The van der Waals surface area contributed by atoms with Gasteiger partial charge in [-0.05, 0) is 30.9 Å². The third-order valence-corrected chi connectivity index (χ3v) is 3.32. The van der Waals surface area contributed by atoms with Crippen molar-refractivity contribution in [1.29, 1.82) is 0 Å². The lowest BCUT2D eigenvalue weighted by Gasteiger charge is -2.06. The minimum Gasteiger partial charge on any atom is -0.478 e. The van der Waals surface area contributed by atoms with Crippen LogP contribution in [-0.2, 0) is 0 Å². The van der Waals surface area contributed by atoms with Crippen LogP contribution in [0.25, 0.3) is 10.9 Å². The van der Waals surface area contributed by atoms with Crippen molar-refractivity contribution in [3.8, 4) is 0 Å². The Bertz CT molecular complexity index is 581. The molecule has 2 rings (SSSR count). The summed E-state index contributed by atoms with van der Waals surface area (Å²) in [5.74, 6) is -0.109. The van der Waals surface area contributed by atoms with Crippen LogP contribution in [-0.4, -0.2) is 21.8 Å². The number of benzene rings is 1. The highest BCUT2D eigenvalue weighted by Gasteiger charge is 2.13. The summed E-state index contributed by atoms with van der Waals surface area (Å²) < 4.78 is 0. The summed E-state index contributed by atoms with van der Waals surface area (Å²) in [6, 6.07) is 7.57. The average molecular weight is 247 g/mol. The molecule has 1 N–H and O–H groups in total. The Labute approximate surface area is 104 Å². The number of carboxylic acid groups (broad SMARTS) is 1. The van der Waals surface area contributed by atoms with Crippen LogP contribution in [0.15, 0.2) is 29.3 Å². The number of aryl methyl sites for hydroxylation is 1. The molecule has 0 atom stereocenters. The largest absolute Gasteiger partial charge is 0.478 e. The molecule has 0 aliphatic heterocycles. The van der Waals surface area contributed by atoms with E-state index in [-0.39, 0.29) is 5.56 Å². The molecule has 1 heterocycles. The lowest BCUT2D eigenvalue weighted by molar-refractivity contribution is 0.0692. The van der Waals surface area contributed by atoms with E-state index in [1.807, 2.05) is 32.0 Å². The summed E-state index contributed by atoms with van der Waals surface area (Å²) >= 11 is 1.46. The predicted molar refractivity (Wildman–Crippen MR) is 69.8 cm³/mol. The van der Waals surface area contributed by atoms with Gasteiger partial charge in [0.15, 0.2) is 0 Å². The lowest BCUT2D eigenvalue weighted by atomic mass is 10.1. The van der Waals surface area contributed by atoms with Crippen LogP contribution in [0.5, 0.6) is 0 Å². The highest BCUT2D eigenvalue weighted by molar-refractivity contribution is 7.99. The zero-order chi connectivity index (χ0) is 12.4. The van der Waals surface area contributed by atoms with Crippen LogP contribution in [0, 0.1) is 6.92 Å². The van der Waals surface area contributed by atoms with Crippen molar-refractivity contribution in [2.75, 3.05) is 5.75 Å². The molecular weight excluding hydrogens is 234 g/mol. The number of pyridine rings is 1. The first-order valence-corrected chi connectivity index (χ1v) is 6.38. The minimum absolute atomic E-state index is 0.287. The van der Waals surface area contributed by atoms with E-state index < -0.39 is 5.97 Å². The second kappa shape index (κ2) is 4.75. The fourth-order valence-electron chi connectivity index (χ4n) is 1.68. The van der Waals surface area contributed by atoms with Gasteiger partial charge in [0.1, 0.15) is 5.03 Å². The summed E-state index contributed by atoms with van der Waals surface area (Å²) in [7, 11) is 0. The maximum absolute atomic E-state index is 11.2. The van der Waals surface area contributed by atoms with Crippen molar-refractivity contribution in [2.45, 2.75) is 18.9 Å². The molecule has 0 saturated carbocycles. The molecule has 0 aliphatic rings. The first-order valence-electron chi connectivity index (χ1n) is 5.39. The van der Waals surface area contributed by atoms with Gasteiger partial charge in [0.2, 0.25) is 0 Å². The zero-order valence-electron chi connectivity index (χ0n) is 9.73. The van der Waals surface area contributed by atoms with E-state index in [9.17, 15) is 4.79 Å². The number of aromatic carboxylic acids is 1. The van der Waals surface area contributed by atoms with E-state index in [0.717, 1.165) is 22.2 Å². The van der Waals surface area contributed by atoms with E-state index >= 15 is 0 Å².